The summed E-state index contributed by atoms with van der Waals surface area (Å²) in [7, 11) is 3.15. The summed E-state index contributed by atoms with van der Waals surface area (Å²) in [4.78, 5) is 19.7. The van der Waals surface area contributed by atoms with Gasteiger partial charge in [-0.25, -0.2) is 0 Å². The number of aryl methyl sites for hydroxylation is 1. The van der Waals surface area contributed by atoms with Crippen molar-refractivity contribution >= 4 is 28.4 Å². The van der Waals surface area contributed by atoms with Crippen LogP contribution in [0.2, 0.25) is 0 Å². The molecule has 0 atom stereocenters. The average molecular weight is 385 g/mol. The summed E-state index contributed by atoms with van der Waals surface area (Å²) in [5.74, 6) is 2.18. The Kier molecular flexibility index (Phi) is 6.40. The van der Waals surface area contributed by atoms with Crippen LogP contribution in [-0.2, 0) is 0 Å². The summed E-state index contributed by atoms with van der Waals surface area (Å²) in [6.07, 6.45) is 1.07. The fraction of sp³-hybridized carbons (Fsp3) is 0.333. The highest BCUT2D eigenvalue weighted by Crippen LogP contribution is 2.29. The molecule has 0 unspecified atom stereocenters. The van der Waals surface area contributed by atoms with Gasteiger partial charge in [0.1, 0.15) is 0 Å². The lowest BCUT2D eigenvalue weighted by atomic mass is 10.1. The number of hydrogen-bond donors (Lipinski definition) is 0. The highest BCUT2D eigenvalue weighted by atomic mass is 32.2. The van der Waals surface area contributed by atoms with Gasteiger partial charge in [-0.1, -0.05) is 23.9 Å². The highest BCUT2D eigenvalue weighted by molar-refractivity contribution is 8.14. The van der Waals surface area contributed by atoms with Gasteiger partial charge in [-0.05, 0) is 49.2 Å². The monoisotopic (exact) mass is 384 g/mol. The average Bonchev–Trinajstić information content (AvgIpc) is 2.71. The van der Waals surface area contributed by atoms with Crippen LogP contribution in [0.4, 0.5) is 5.69 Å². The van der Waals surface area contributed by atoms with Crippen molar-refractivity contribution in [2.75, 3.05) is 38.0 Å². The third-order valence-corrected chi connectivity index (χ3v) is 5.43. The van der Waals surface area contributed by atoms with E-state index < -0.39 is 0 Å². The number of amidine groups is 1. The number of hydrogen-bond acceptors (Lipinski definition) is 6. The van der Waals surface area contributed by atoms with E-state index in [1.807, 2.05) is 30.0 Å². The van der Waals surface area contributed by atoms with Gasteiger partial charge in [0.25, 0.3) is 0 Å². The number of rotatable bonds is 6. The van der Waals surface area contributed by atoms with Crippen molar-refractivity contribution in [3.8, 4) is 11.5 Å². The van der Waals surface area contributed by atoms with Gasteiger partial charge in [-0.15, -0.1) is 0 Å². The van der Waals surface area contributed by atoms with Crippen LogP contribution < -0.4 is 14.4 Å². The van der Waals surface area contributed by atoms with Gasteiger partial charge in [-0.2, -0.15) is 0 Å². The number of carbonyl (C=O) groups excluding carboxylic acids is 1. The number of aliphatic imine (C=N–C) groups is 1. The molecule has 0 saturated carbocycles. The Balaban J connectivity index is 1.89. The third kappa shape index (κ3) is 4.63. The van der Waals surface area contributed by atoms with Crippen LogP contribution in [-0.4, -0.2) is 44.0 Å². The summed E-state index contributed by atoms with van der Waals surface area (Å²) >= 11 is 1.70. The number of nitrogens with zero attached hydrogens (tertiary/aromatic N) is 2. The lowest BCUT2D eigenvalue weighted by Gasteiger charge is -2.27. The van der Waals surface area contributed by atoms with Crippen molar-refractivity contribution in [1.29, 1.82) is 0 Å². The number of benzene rings is 2. The Morgan fingerprint density at radius 2 is 1.96 bits per heavy atom. The molecule has 2 aromatic carbocycles. The van der Waals surface area contributed by atoms with E-state index >= 15 is 0 Å². The minimum atomic E-state index is 0.00586. The molecule has 1 aliphatic heterocycles. The maximum atomic E-state index is 13.0. The van der Waals surface area contributed by atoms with Crippen LogP contribution in [0.5, 0.6) is 11.5 Å². The Morgan fingerprint density at radius 1 is 1.15 bits per heavy atom. The van der Waals surface area contributed by atoms with Gasteiger partial charge in [0.05, 0.1) is 20.8 Å². The lowest BCUT2D eigenvalue weighted by molar-refractivity contribution is 0.100. The molecule has 0 N–H and O–H groups in total. The second kappa shape index (κ2) is 8.95. The predicted molar refractivity (Wildman–Crippen MR) is 112 cm³/mol. The normalized spacial score (nSPS) is 13.7. The molecule has 0 bridgehead atoms. The molecular weight excluding hydrogens is 360 g/mol. The van der Waals surface area contributed by atoms with E-state index in [9.17, 15) is 4.79 Å². The largest absolute Gasteiger partial charge is 0.493 e. The van der Waals surface area contributed by atoms with Gasteiger partial charge < -0.3 is 14.4 Å². The molecule has 0 amide bonds. The van der Waals surface area contributed by atoms with Crippen molar-refractivity contribution in [3.63, 3.8) is 0 Å². The Morgan fingerprint density at radius 3 is 2.63 bits per heavy atom. The molecule has 6 heteroatoms. The Labute approximate surface area is 164 Å². The molecular formula is C21H24N2O3S. The van der Waals surface area contributed by atoms with Crippen LogP contribution in [0.3, 0.4) is 0 Å². The molecule has 0 radical (unpaired) electrons. The van der Waals surface area contributed by atoms with Crippen LogP contribution in [0.25, 0.3) is 0 Å². The van der Waals surface area contributed by atoms with E-state index in [-0.39, 0.29) is 12.3 Å². The van der Waals surface area contributed by atoms with Crippen molar-refractivity contribution in [3.05, 3.63) is 53.6 Å². The zero-order valence-corrected chi connectivity index (χ0v) is 16.7. The maximum absolute atomic E-state index is 13.0. The van der Waals surface area contributed by atoms with Crippen LogP contribution in [0.1, 0.15) is 22.3 Å². The van der Waals surface area contributed by atoms with E-state index in [0.29, 0.717) is 17.1 Å². The molecule has 0 spiro atoms. The zero-order valence-electron chi connectivity index (χ0n) is 15.9. The molecule has 0 saturated heterocycles. The number of carbonyl (C=O) groups is 1. The molecule has 5 nitrogen and oxygen atoms in total. The second-order valence-electron chi connectivity index (χ2n) is 6.28. The van der Waals surface area contributed by atoms with Gasteiger partial charge in [0.2, 0.25) is 0 Å². The first kappa shape index (κ1) is 19.3. The molecule has 0 aromatic heterocycles. The van der Waals surface area contributed by atoms with Crippen LogP contribution >= 0.6 is 11.8 Å². The fourth-order valence-electron chi connectivity index (χ4n) is 2.92. The number of ketones is 1. The molecule has 142 valence electrons. The molecule has 2 aromatic rings. The maximum Gasteiger partial charge on any atom is 0.182 e. The van der Waals surface area contributed by atoms with Crippen molar-refractivity contribution in [1.82, 2.24) is 0 Å². The van der Waals surface area contributed by atoms with Crippen molar-refractivity contribution in [2.45, 2.75) is 13.3 Å². The van der Waals surface area contributed by atoms with E-state index in [1.54, 1.807) is 44.2 Å². The third-order valence-electron chi connectivity index (χ3n) is 4.33. The number of Topliss-reactive ketones (excluding diaryl/α,β-unsaturated/α-hetero) is 1. The summed E-state index contributed by atoms with van der Waals surface area (Å²) in [6, 6.07) is 13.4. The van der Waals surface area contributed by atoms with Crippen LogP contribution in [0, 0.1) is 6.92 Å². The lowest BCUT2D eigenvalue weighted by Crippen LogP contribution is -2.35. The number of anilines is 1. The van der Waals surface area contributed by atoms with E-state index in [4.69, 9.17) is 9.47 Å². The Hall–Kier alpha value is -2.47. The molecule has 27 heavy (non-hydrogen) atoms. The summed E-state index contributed by atoms with van der Waals surface area (Å²) in [5, 5.41) is 0.903. The second-order valence-corrected chi connectivity index (χ2v) is 7.35. The van der Waals surface area contributed by atoms with Gasteiger partial charge in [-0.3, -0.25) is 9.79 Å². The van der Waals surface area contributed by atoms with Gasteiger partial charge in [0.15, 0.2) is 22.4 Å². The first-order valence-electron chi connectivity index (χ1n) is 8.89. The topological polar surface area (TPSA) is 51.1 Å². The summed E-state index contributed by atoms with van der Waals surface area (Å²) in [6.45, 7) is 3.08. The molecule has 3 rings (SSSR count). The Bertz CT molecular complexity index is 851. The minimum absolute atomic E-state index is 0.00586. The van der Waals surface area contributed by atoms with Gasteiger partial charge in [0, 0.05) is 23.5 Å². The number of thioether (sulfide) groups is 1. The first-order chi connectivity index (χ1) is 13.1. The number of methoxy groups -OCH3 is 2. The first-order valence-corrected chi connectivity index (χ1v) is 9.87. The van der Waals surface area contributed by atoms with Crippen molar-refractivity contribution < 1.29 is 14.3 Å². The quantitative estimate of drug-likeness (QED) is 0.699. The predicted octanol–water partition coefficient (Wildman–Crippen LogP) is 4.19. The minimum Gasteiger partial charge on any atom is -0.493 e. The highest BCUT2D eigenvalue weighted by Gasteiger charge is 2.21. The molecule has 0 aliphatic carbocycles. The smallest absolute Gasteiger partial charge is 0.182 e. The molecule has 0 fully saturated rings. The number of ether oxygens (including phenoxy) is 2. The standard InChI is InChI=1S/C21H24N2O3S/c1-15-6-4-7-17(12-15)23(21-22-10-5-11-27-21)14-18(24)16-8-9-19(25-2)20(13-16)26-3/h4,6-9,12-13H,5,10-11,14H2,1-3H3. The van der Waals surface area contributed by atoms with Crippen LogP contribution in [0.15, 0.2) is 47.5 Å². The summed E-state index contributed by atoms with van der Waals surface area (Å²) in [5.41, 5.74) is 2.72. The van der Waals surface area contributed by atoms with Gasteiger partial charge >= 0.3 is 0 Å². The zero-order chi connectivity index (χ0) is 19.2. The van der Waals surface area contributed by atoms with E-state index in [0.717, 1.165) is 35.1 Å². The SMILES string of the molecule is COc1ccc(C(=O)CN(C2=NCCCS2)c2cccc(C)c2)cc1OC. The summed E-state index contributed by atoms with van der Waals surface area (Å²) < 4.78 is 10.6. The van der Waals surface area contributed by atoms with E-state index in [2.05, 4.69) is 11.1 Å². The van der Waals surface area contributed by atoms with E-state index in [1.165, 1.54) is 0 Å². The van der Waals surface area contributed by atoms with Crippen molar-refractivity contribution in [2.24, 2.45) is 4.99 Å². The molecule has 1 heterocycles. The molecule has 1 aliphatic rings. The fourth-order valence-corrected chi connectivity index (χ4v) is 3.89.